The van der Waals surface area contributed by atoms with Crippen molar-refractivity contribution in [2.45, 2.75) is 18.2 Å². The molecule has 0 radical (unpaired) electrons. The predicted octanol–water partition coefficient (Wildman–Crippen LogP) is 3.60. The maximum absolute atomic E-state index is 13.3. The van der Waals surface area contributed by atoms with Gasteiger partial charge in [-0.2, -0.15) is 5.10 Å². The summed E-state index contributed by atoms with van der Waals surface area (Å²) in [5, 5.41) is 3.96. The van der Waals surface area contributed by atoms with Crippen LogP contribution in [0.1, 0.15) is 18.1 Å². The van der Waals surface area contributed by atoms with E-state index in [0.29, 0.717) is 5.75 Å². The zero-order valence-electron chi connectivity index (χ0n) is 17.9. The molecule has 0 saturated carbocycles. The standard InChI is InChI=1S/C24H25N3O4S/c1-3-19-13-15-20(16-14-19)17-25-26-24(28)18-27(22-11-7-8-12-23(22)31-2)32(29,30)21-9-5-4-6-10-21/h4-17H,3,18H2,1-2H3,(H,26,28). The molecule has 3 rings (SSSR count). The van der Waals surface area contributed by atoms with Crippen molar-refractivity contribution in [1.82, 2.24) is 5.43 Å². The maximum Gasteiger partial charge on any atom is 0.264 e. The average molecular weight is 452 g/mol. The van der Waals surface area contributed by atoms with Crippen molar-refractivity contribution < 1.29 is 17.9 Å². The van der Waals surface area contributed by atoms with Crippen LogP contribution in [0, 0.1) is 0 Å². The molecule has 166 valence electrons. The van der Waals surface area contributed by atoms with Gasteiger partial charge >= 0.3 is 0 Å². The first kappa shape index (κ1) is 23.0. The Bertz CT molecular complexity index is 1180. The molecule has 0 unspecified atom stereocenters. The molecule has 1 N–H and O–H groups in total. The van der Waals surface area contributed by atoms with E-state index >= 15 is 0 Å². The number of benzene rings is 3. The van der Waals surface area contributed by atoms with Crippen molar-refractivity contribution in [1.29, 1.82) is 0 Å². The van der Waals surface area contributed by atoms with Gasteiger partial charge < -0.3 is 4.74 Å². The molecule has 0 aliphatic carbocycles. The molecule has 0 aromatic heterocycles. The minimum atomic E-state index is -4.03. The molecule has 0 bridgehead atoms. The van der Waals surface area contributed by atoms with Gasteiger partial charge in [-0.1, -0.05) is 61.5 Å². The summed E-state index contributed by atoms with van der Waals surface area (Å²) in [4.78, 5) is 12.7. The summed E-state index contributed by atoms with van der Waals surface area (Å²) in [5.74, 6) is -0.254. The molecule has 0 saturated heterocycles. The Morgan fingerprint density at radius 1 is 1.00 bits per heavy atom. The van der Waals surface area contributed by atoms with Crippen LogP contribution in [0.4, 0.5) is 5.69 Å². The van der Waals surface area contributed by atoms with E-state index in [1.807, 2.05) is 24.3 Å². The van der Waals surface area contributed by atoms with Crippen LogP contribution in [0.15, 0.2) is 88.9 Å². The molecule has 0 aliphatic rings. The van der Waals surface area contributed by atoms with Crippen molar-refractivity contribution in [2.24, 2.45) is 5.10 Å². The number of nitrogens with one attached hydrogen (secondary N) is 1. The number of carbonyl (C=O) groups excluding carboxylic acids is 1. The van der Waals surface area contributed by atoms with Crippen LogP contribution < -0.4 is 14.5 Å². The van der Waals surface area contributed by atoms with E-state index in [0.717, 1.165) is 16.3 Å². The number of anilines is 1. The highest BCUT2D eigenvalue weighted by molar-refractivity contribution is 7.92. The van der Waals surface area contributed by atoms with Crippen LogP contribution in [-0.4, -0.2) is 34.2 Å². The lowest BCUT2D eigenvalue weighted by Gasteiger charge is -2.25. The molecule has 3 aromatic rings. The van der Waals surface area contributed by atoms with E-state index in [4.69, 9.17) is 4.74 Å². The quantitative estimate of drug-likeness (QED) is 0.398. The molecule has 7 nitrogen and oxygen atoms in total. The van der Waals surface area contributed by atoms with Crippen molar-refractivity contribution in [3.63, 3.8) is 0 Å². The molecule has 8 heteroatoms. The molecular formula is C24H25N3O4S. The number of hydrogen-bond acceptors (Lipinski definition) is 5. The Morgan fingerprint density at radius 3 is 2.31 bits per heavy atom. The van der Waals surface area contributed by atoms with Crippen molar-refractivity contribution in [2.75, 3.05) is 18.0 Å². The Hall–Kier alpha value is -3.65. The minimum absolute atomic E-state index is 0.0678. The third kappa shape index (κ3) is 5.53. The fourth-order valence-electron chi connectivity index (χ4n) is 3.04. The molecule has 0 atom stereocenters. The lowest BCUT2D eigenvalue weighted by atomic mass is 10.1. The second kappa shape index (κ2) is 10.6. The SMILES string of the molecule is CCc1ccc(C=NNC(=O)CN(c2ccccc2OC)S(=O)(=O)c2ccccc2)cc1. The van der Waals surface area contributed by atoms with Gasteiger partial charge in [0.2, 0.25) is 0 Å². The second-order valence-electron chi connectivity index (χ2n) is 6.88. The number of para-hydroxylation sites is 2. The molecular weight excluding hydrogens is 426 g/mol. The van der Waals surface area contributed by atoms with Crippen LogP contribution >= 0.6 is 0 Å². The fraction of sp³-hybridized carbons (Fsp3) is 0.167. The zero-order valence-corrected chi connectivity index (χ0v) is 18.7. The topological polar surface area (TPSA) is 88.1 Å². The average Bonchev–Trinajstić information content (AvgIpc) is 2.83. The number of amides is 1. The van der Waals surface area contributed by atoms with Gasteiger partial charge in [0.05, 0.1) is 23.9 Å². The van der Waals surface area contributed by atoms with Gasteiger partial charge in [-0.3, -0.25) is 9.10 Å². The van der Waals surface area contributed by atoms with E-state index in [9.17, 15) is 13.2 Å². The summed E-state index contributed by atoms with van der Waals surface area (Å²) in [6, 6.07) is 22.3. The van der Waals surface area contributed by atoms with E-state index in [1.165, 1.54) is 31.0 Å². The summed E-state index contributed by atoms with van der Waals surface area (Å²) in [5.41, 5.74) is 4.68. The number of hydrazone groups is 1. The third-order valence-electron chi connectivity index (χ3n) is 4.76. The number of nitrogens with zero attached hydrogens (tertiary/aromatic N) is 2. The molecule has 0 spiro atoms. The van der Waals surface area contributed by atoms with Gasteiger partial charge in [0.1, 0.15) is 12.3 Å². The number of ether oxygens (including phenoxy) is 1. The molecule has 0 fully saturated rings. The minimum Gasteiger partial charge on any atom is -0.495 e. The third-order valence-corrected chi connectivity index (χ3v) is 6.54. The van der Waals surface area contributed by atoms with Gasteiger partial charge in [0, 0.05) is 0 Å². The summed E-state index contributed by atoms with van der Waals surface area (Å²) in [7, 11) is -2.58. The number of rotatable bonds is 9. The molecule has 0 aliphatic heterocycles. The fourth-order valence-corrected chi connectivity index (χ4v) is 4.49. The molecule has 0 heterocycles. The zero-order chi connectivity index (χ0) is 23.0. The van der Waals surface area contributed by atoms with Gasteiger partial charge in [-0.05, 0) is 41.8 Å². The second-order valence-corrected chi connectivity index (χ2v) is 8.75. The number of hydrogen-bond donors (Lipinski definition) is 1. The Balaban J connectivity index is 1.83. The van der Waals surface area contributed by atoms with E-state index in [-0.39, 0.29) is 10.6 Å². The normalized spacial score (nSPS) is 11.3. The van der Waals surface area contributed by atoms with Crippen molar-refractivity contribution >= 4 is 27.8 Å². The monoisotopic (exact) mass is 451 g/mol. The number of sulfonamides is 1. The Morgan fingerprint density at radius 2 is 1.66 bits per heavy atom. The summed E-state index contributed by atoms with van der Waals surface area (Å²) >= 11 is 0. The van der Waals surface area contributed by atoms with Crippen LogP contribution in [0.5, 0.6) is 5.75 Å². The van der Waals surface area contributed by atoms with Crippen molar-refractivity contribution in [3.8, 4) is 5.75 Å². The molecule has 1 amide bonds. The van der Waals surface area contributed by atoms with Crippen LogP contribution in [-0.2, 0) is 21.2 Å². The lowest BCUT2D eigenvalue weighted by molar-refractivity contribution is -0.119. The van der Waals surface area contributed by atoms with Crippen LogP contribution in [0.25, 0.3) is 0 Å². The maximum atomic E-state index is 13.3. The number of carbonyl (C=O) groups is 1. The summed E-state index contributed by atoms with van der Waals surface area (Å²) in [6.45, 7) is 1.60. The highest BCUT2D eigenvalue weighted by Crippen LogP contribution is 2.31. The van der Waals surface area contributed by atoms with Gasteiger partial charge in [-0.15, -0.1) is 0 Å². The van der Waals surface area contributed by atoms with E-state index < -0.39 is 22.5 Å². The predicted molar refractivity (Wildman–Crippen MR) is 126 cm³/mol. The van der Waals surface area contributed by atoms with Gasteiger partial charge in [0.15, 0.2) is 0 Å². The van der Waals surface area contributed by atoms with Gasteiger partial charge in [0.25, 0.3) is 15.9 Å². The van der Waals surface area contributed by atoms with Crippen molar-refractivity contribution in [3.05, 3.63) is 90.0 Å². The van der Waals surface area contributed by atoms with Crippen LogP contribution in [0.3, 0.4) is 0 Å². The summed E-state index contributed by atoms with van der Waals surface area (Å²) in [6.07, 6.45) is 2.44. The highest BCUT2D eigenvalue weighted by Gasteiger charge is 2.29. The Kier molecular flexibility index (Phi) is 7.62. The molecule has 3 aromatic carbocycles. The first-order valence-electron chi connectivity index (χ1n) is 10.1. The Labute approximate surface area is 188 Å². The highest BCUT2D eigenvalue weighted by atomic mass is 32.2. The number of aryl methyl sites for hydroxylation is 1. The first-order chi connectivity index (χ1) is 15.5. The van der Waals surface area contributed by atoms with E-state index in [2.05, 4.69) is 17.5 Å². The molecule has 32 heavy (non-hydrogen) atoms. The smallest absolute Gasteiger partial charge is 0.264 e. The number of methoxy groups -OCH3 is 1. The summed E-state index contributed by atoms with van der Waals surface area (Å²) < 4.78 is 33.0. The van der Waals surface area contributed by atoms with Crippen LogP contribution in [0.2, 0.25) is 0 Å². The lowest BCUT2D eigenvalue weighted by Crippen LogP contribution is -2.39. The van der Waals surface area contributed by atoms with E-state index in [1.54, 1.807) is 42.5 Å². The largest absolute Gasteiger partial charge is 0.495 e. The van der Waals surface area contributed by atoms with Gasteiger partial charge in [-0.25, -0.2) is 13.8 Å². The first-order valence-corrected chi connectivity index (χ1v) is 11.5.